The number of hydrogen-bond donors (Lipinski definition) is 3. The van der Waals surface area contributed by atoms with Gasteiger partial charge < -0.3 is 15.7 Å². The van der Waals surface area contributed by atoms with Crippen LogP contribution in [0.15, 0.2) is 0 Å². The maximum Gasteiger partial charge on any atom is 0.320 e. The van der Waals surface area contributed by atoms with Crippen LogP contribution in [-0.4, -0.2) is 46.9 Å². The number of nitrogens with one attached hydrogen (secondary N) is 2. The lowest BCUT2D eigenvalue weighted by Crippen LogP contribution is -2.56. The van der Waals surface area contributed by atoms with Gasteiger partial charge in [0, 0.05) is 6.04 Å². The Morgan fingerprint density at radius 2 is 2.07 bits per heavy atom. The van der Waals surface area contributed by atoms with E-state index in [1.807, 2.05) is 13.8 Å². The zero-order valence-corrected chi connectivity index (χ0v) is 9.29. The normalized spacial score (nSPS) is 30.0. The van der Waals surface area contributed by atoms with Gasteiger partial charge in [0.1, 0.15) is 0 Å². The Hall–Kier alpha value is -0.810. The van der Waals surface area contributed by atoms with Gasteiger partial charge >= 0.3 is 6.03 Å². The summed E-state index contributed by atoms with van der Waals surface area (Å²) in [6, 6.07) is -0.103. The molecule has 0 aliphatic carbocycles. The molecule has 2 fully saturated rings. The van der Waals surface area contributed by atoms with Crippen molar-refractivity contribution in [2.45, 2.75) is 44.5 Å². The third kappa shape index (κ3) is 1.59. The number of aliphatic hydroxyl groups excluding tert-OH is 1. The van der Waals surface area contributed by atoms with Gasteiger partial charge in [-0.25, -0.2) is 4.79 Å². The molecule has 5 heteroatoms. The lowest BCUT2D eigenvalue weighted by Gasteiger charge is -2.37. The van der Waals surface area contributed by atoms with E-state index in [9.17, 15) is 9.90 Å². The number of carbonyl (C=O) groups is 1. The van der Waals surface area contributed by atoms with Crippen LogP contribution < -0.4 is 10.6 Å². The van der Waals surface area contributed by atoms with E-state index in [2.05, 4.69) is 10.6 Å². The molecule has 0 aromatic heterocycles. The first-order valence-corrected chi connectivity index (χ1v) is 5.56. The largest absolute Gasteiger partial charge is 0.371 e. The summed E-state index contributed by atoms with van der Waals surface area (Å²) in [4.78, 5) is 13.3. The van der Waals surface area contributed by atoms with Crippen molar-refractivity contribution in [1.82, 2.24) is 15.5 Å². The van der Waals surface area contributed by atoms with Gasteiger partial charge in [0.25, 0.3) is 0 Å². The topological polar surface area (TPSA) is 64.6 Å². The van der Waals surface area contributed by atoms with Crippen molar-refractivity contribution in [3.05, 3.63) is 0 Å². The molecule has 5 nitrogen and oxygen atoms in total. The molecular weight excluding hydrogens is 194 g/mol. The van der Waals surface area contributed by atoms with E-state index in [0.717, 1.165) is 25.9 Å². The van der Waals surface area contributed by atoms with Crippen molar-refractivity contribution in [2.24, 2.45) is 0 Å². The average Bonchev–Trinajstić information content (AvgIpc) is 2.40. The van der Waals surface area contributed by atoms with Crippen LogP contribution in [-0.2, 0) is 0 Å². The van der Waals surface area contributed by atoms with Crippen molar-refractivity contribution in [1.29, 1.82) is 0 Å². The summed E-state index contributed by atoms with van der Waals surface area (Å²) in [6.07, 6.45) is 0.902. The highest BCUT2D eigenvalue weighted by Gasteiger charge is 2.51. The molecule has 0 saturated carbocycles. The minimum absolute atomic E-state index is 0.0364. The molecule has 0 aromatic rings. The van der Waals surface area contributed by atoms with Crippen LogP contribution in [0.3, 0.4) is 0 Å². The predicted octanol–water partition coefficient (Wildman–Crippen LogP) is -0.139. The fourth-order valence-corrected chi connectivity index (χ4v) is 2.49. The zero-order valence-electron chi connectivity index (χ0n) is 9.29. The Bertz CT molecular complexity index is 261. The fourth-order valence-electron chi connectivity index (χ4n) is 2.49. The van der Waals surface area contributed by atoms with Crippen molar-refractivity contribution in [2.75, 3.05) is 13.1 Å². The molecule has 2 amide bonds. The Labute approximate surface area is 89.8 Å². The predicted molar refractivity (Wildman–Crippen MR) is 56.3 cm³/mol. The van der Waals surface area contributed by atoms with Gasteiger partial charge in [-0.15, -0.1) is 0 Å². The molecule has 2 saturated heterocycles. The smallest absolute Gasteiger partial charge is 0.320 e. The molecule has 0 aromatic carbocycles. The van der Waals surface area contributed by atoms with Crippen LogP contribution in [0.5, 0.6) is 0 Å². The average molecular weight is 213 g/mol. The zero-order chi connectivity index (χ0) is 11.1. The van der Waals surface area contributed by atoms with Crippen LogP contribution in [0.1, 0.15) is 26.7 Å². The number of hydrogen-bond acceptors (Lipinski definition) is 3. The second-order valence-electron chi connectivity index (χ2n) is 4.71. The molecule has 1 atom stereocenters. The van der Waals surface area contributed by atoms with Gasteiger partial charge in [-0.1, -0.05) is 0 Å². The molecule has 2 aliphatic heterocycles. The van der Waals surface area contributed by atoms with E-state index in [4.69, 9.17) is 0 Å². The molecule has 86 valence electrons. The van der Waals surface area contributed by atoms with E-state index >= 15 is 0 Å². The van der Waals surface area contributed by atoms with Crippen molar-refractivity contribution < 1.29 is 9.90 Å². The van der Waals surface area contributed by atoms with Crippen LogP contribution in [0, 0.1) is 0 Å². The van der Waals surface area contributed by atoms with Crippen LogP contribution in [0.4, 0.5) is 4.79 Å². The van der Waals surface area contributed by atoms with E-state index < -0.39 is 11.8 Å². The van der Waals surface area contributed by atoms with Gasteiger partial charge in [0.2, 0.25) is 0 Å². The van der Waals surface area contributed by atoms with Gasteiger partial charge in [-0.3, -0.25) is 4.90 Å². The Kier molecular flexibility index (Phi) is 2.60. The molecule has 2 rings (SSSR count). The molecule has 2 heterocycles. The Morgan fingerprint density at radius 3 is 2.53 bits per heavy atom. The first kappa shape index (κ1) is 10.7. The quantitative estimate of drug-likeness (QED) is 0.568. The molecule has 2 aliphatic rings. The molecule has 3 N–H and O–H groups in total. The second kappa shape index (κ2) is 3.64. The summed E-state index contributed by atoms with van der Waals surface area (Å²) in [6.45, 7) is 5.54. The molecular formula is C10H19N3O2. The van der Waals surface area contributed by atoms with Crippen LogP contribution >= 0.6 is 0 Å². The molecule has 0 radical (unpaired) electrons. The Morgan fingerprint density at radius 1 is 1.47 bits per heavy atom. The third-order valence-electron chi connectivity index (χ3n) is 3.40. The summed E-state index contributed by atoms with van der Waals surface area (Å²) in [7, 11) is 0. The van der Waals surface area contributed by atoms with Gasteiger partial charge in [-0.2, -0.15) is 0 Å². The molecule has 0 bridgehead atoms. The number of carbonyl (C=O) groups excluding carboxylic acids is 1. The SMILES string of the molecule is CC(C)N1C(=O)NC2(CCNCC2)C1O. The van der Waals surface area contributed by atoms with Crippen LogP contribution in [0.2, 0.25) is 0 Å². The summed E-state index contributed by atoms with van der Waals surface area (Å²) in [5.74, 6) is 0. The monoisotopic (exact) mass is 213 g/mol. The summed E-state index contributed by atoms with van der Waals surface area (Å²) >= 11 is 0. The maximum atomic E-state index is 11.7. The highest BCUT2D eigenvalue weighted by molar-refractivity contribution is 5.78. The molecule has 1 unspecified atom stereocenters. The summed E-state index contributed by atoms with van der Waals surface area (Å²) in [5.41, 5.74) is -0.424. The van der Waals surface area contributed by atoms with Crippen molar-refractivity contribution in [3.63, 3.8) is 0 Å². The van der Waals surface area contributed by atoms with Gasteiger partial charge in [-0.05, 0) is 39.8 Å². The fraction of sp³-hybridized carbons (Fsp3) is 0.900. The first-order valence-electron chi connectivity index (χ1n) is 5.56. The number of piperidine rings is 1. The minimum Gasteiger partial charge on any atom is -0.371 e. The highest BCUT2D eigenvalue weighted by Crippen LogP contribution is 2.31. The standard InChI is InChI=1S/C10H19N3O2/c1-7(2)13-8(14)10(12-9(13)15)3-5-11-6-4-10/h7-8,11,14H,3-6H2,1-2H3,(H,12,15). The van der Waals surface area contributed by atoms with Crippen molar-refractivity contribution in [3.8, 4) is 0 Å². The third-order valence-corrected chi connectivity index (χ3v) is 3.40. The second-order valence-corrected chi connectivity index (χ2v) is 4.71. The molecule has 15 heavy (non-hydrogen) atoms. The van der Waals surface area contributed by atoms with Gasteiger partial charge in [0.05, 0.1) is 5.54 Å². The number of aliphatic hydroxyl groups is 1. The lowest BCUT2D eigenvalue weighted by atomic mass is 9.87. The summed E-state index contributed by atoms with van der Waals surface area (Å²) < 4.78 is 0. The van der Waals surface area contributed by atoms with Crippen molar-refractivity contribution >= 4 is 6.03 Å². The number of amides is 2. The van der Waals surface area contributed by atoms with Gasteiger partial charge in [0.15, 0.2) is 6.23 Å². The number of urea groups is 1. The number of nitrogens with zero attached hydrogens (tertiary/aromatic N) is 1. The minimum atomic E-state index is -0.688. The van der Waals surface area contributed by atoms with Crippen LogP contribution in [0.25, 0.3) is 0 Å². The lowest BCUT2D eigenvalue weighted by molar-refractivity contribution is -0.0219. The van der Waals surface area contributed by atoms with E-state index in [1.54, 1.807) is 0 Å². The van der Waals surface area contributed by atoms with E-state index in [-0.39, 0.29) is 12.1 Å². The van der Waals surface area contributed by atoms with E-state index in [0.29, 0.717) is 0 Å². The number of rotatable bonds is 1. The van der Waals surface area contributed by atoms with E-state index in [1.165, 1.54) is 4.90 Å². The maximum absolute atomic E-state index is 11.7. The highest BCUT2D eigenvalue weighted by atomic mass is 16.3. The molecule has 1 spiro atoms. The Balaban J connectivity index is 2.19. The summed E-state index contributed by atoms with van der Waals surface area (Å²) in [5, 5.41) is 16.4. The first-order chi connectivity index (χ1) is 7.07.